The second kappa shape index (κ2) is 5.66. The summed E-state index contributed by atoms with van der Waals surface area (Å²) in [5.74, 6) is 6.60. The largest absolute Gasteiger partial charge is 0.469 e. The van der Waals surface area contributed by atoms with E-state index in [1.165, 1.54) is 11.1 Å². The number of furan rings is 1. The van der Waals surface area contributed by atoms with Crippen LogP contribution in [0.5, 0.6) is 0 Å². The van der Waals surface area contributed by atoms with E-state index in [2.05, 4.69) is 36.6 Å². The molecule has 0 amide bonds. The predicted molar refractivity (Wildman–Crippen MR) is 68.3 cm³/mol. The predicted octanol–water partition coefficient (Wildman–Crippen LogP) is 2.73. The third-order valence-corrected chi connectivity index (χ3v) is 2.94. The Labute approximate surface area is 102 Å². The molecule has 0 saturated carbocycles. The van der Waals surface area contributed by atoms with E-state index in [-0.39, 0.29) is 6.04 Å². The summed E-state index contributed by atoms with van der Waals surface area (Å²) in [6.07, 6.45) is 3.51. The molecule has 1 heterocycles. The summed E-state index contributed by atoms with van der Waals surface area (Å²) < 4.78 is 5.31. The van der Waals surface area contributed by atoms with E-state index < -0.39 is 0 Å². The fourth-order valence-electron chi connectivity index (χ4n) is 1.89. The highest BCUT2D eigenvalue weighted by molar-refractivity contribution is 5.24. The zero-order valence-corrected chi connectivity index (χ0v) is 10.0. The molecule has 0 spiro atoms. The van der Waals surface area contributed by atoms with E-state index in [4.69, 9.17) is 10.3 Å². The lowest BCUT2D eigenvalue weighted by Gasteiger charge is -2.15. The summed E-state index contributed by atoms with van der Waals surface area (Å²) in [4.78, 5) is 0. The second-order valence-electron chi connectivity index (χ2n) is 4.25. The van der Waals surface area contributed by atoms with E-state index in [0.717, 1.165) is 18.6 Å². The van der Waals surface area contributed by atoms with Crippen molar-refractivity contribution in [2.75, 3.05) is 0 Å². The fraction of sp³-hybridized carbons (Fsp3) is 0.286. The minimum absolute atomic E-state index is 0.167. The van der Waals surface area contributed by atoms with Crippen molar-refractivity contribution in [3.05, 3.63) is 59.5 Å². The van der Waals surface area contributed by atoms with Crippen LogP contribution in [0.25, 0.3) is 0 Å². The fourth-order valence-corrected chi connectivity index (χ4v) is 1.89. The Balaban J connectivity index is 1.99. The molecule has 0 aliphatic rings. The minimum Gasteiger partial charge on any atom is -0.469 e. The van der Waals surface area contributed by atoms with Gasteiger partial charge >= 0.3 is 0 Å². The van der Waals surface area contributed by atoms with E-state index in [1.54, 1.807) is 6.26 Å². The van der Waals surface area contributed by atoms with Crippen LogP contribution >= 0.6 is 0 Å². The number of benzene rings is 1. The first-order valence-corrected chi connectivity index (χ1v) is 5.84. The van der Waals surface area contributed by atoms with E-state index >= 15 is 0 Å². The molecule has 0 saturated heterocycles. The van der Waals surface area contributed by atoms with Gasteiger partial charge in [0.1, 0.15) is 5.76 Å². The van der Waals surface area contributed by atoms with Crippen molar-refractivity contribution in [1.29, 1.82) is 0 Å². The summed E-state index contributed by atoms with van der Waals surface area (Å²) in [5, 5.41) is 0. The standard InChI is InChI=1S/C14H18N2O/c1-11-4-6-12(7-5-11)14(16-15)9-8-13-3-2-10-17-13/h2-7,10,14,16H,8-9,15H2,1H3. The molecule has 0 bridgehead atoms. The molecule has 1 atom stereocenters. The minimum atomic E-state index is 0.167. The molecule has 3 heteroatoms. The molecule has 3 N–H and O–H groups in total. The van der Waals surface area contributed by atoms with Crippen molar-refractivity contribution in [2.45, 2.75) is 25.8 Å². The Morgan fingerprint density at radius 2 is 2.00 bits per heavy atom. The number of hydrogen-bond donors (Lipinski definition) is 2. The summed E-state index contributed by atoms with van der Waals surface area (Å²) in [6, 6.07) is 12.5. The summed E-state index contributed by atoms with van der Waals surface area (Å²) in [6.45, 7) is 2.08. The van der Waals surface area contributed by atoms with Crippen molar-refractivity contribution >= 4 is 0 Å². The molecule has 0 aliphatic heterocycles. The van der Waals surface area contributed by atoms with Gasteiger partial charge in [-0.05, 0) is 31.0 Å². The first kappa shape index (κ1) is 11.9. The molecule has 2 rings (SSSR count). The Morgan fingerprint density at radius 1 is 1.24 bits per heavy atom. The average Bonchev–Trinajstić information content (AvgIpc) is 2.85. The van der Waals surface area contributed by atoms with Crippen LogP contribution in [-0.4, -0.2) is 0 Å². The van der Waals surface area contributed by atoms with Crippen molar-refractivity contribution in [3.8, 4) is 0 Å². The molecular weight excluding hydrogens is 212 g/mol. The van der Waals surface area contributed by atoms with Crippen LogP contribution in [0.1, 0.15) is 29.3 Å². The van der Waals surface area contributed by atoms with Gasteiger partial charge < -0.3 is 4.42 Å². The van der Waals surface area contributed by atoms with Crippen molar-refractivity contribution in [2.24, 2.45) is 5.84 Å². The molecule has 1 aromatic heterocycles. The highest BCUT2D eigenvalue weighted by Gasteiger charge is 2.10. The second-order valence-corrected chi connectivity index (χ2v) is 4.25. The Kier molecular flexibility index (Phi) is 3.96. The average molecular weight is 230 g/mol. The molecule has 1 aromatic carbocycles. The summed E-state index contributed by atoms with van der Waals surface area (Å²) in [7, 11) is 0. The van der Waals surface area contributed by atoms with Crippen LogP contribution in [0.3, 0.4) is 0 Å². The Hall–Kier alpha value is -1.58. The third kappa shape index (κ3) is 3.19. The maximum absolute atomic E-state index is 5.60. The molecule has 90 valence electrons. The molecule has 0 fully saturated rings. The molecule has 0 aliphatic carbocycles. The number of hydrogen-bond acceptors (Lipinski definition) is 3. The van der Waals surface area contributed by atoms with Gasteiger partial charge in [0.2, 0.25) is 0 Å². The molecule has 17 heavy (non-hydrogen) atoms. The quantitative estimate of drug-likeness (QED) is 0.613. The lowest BCUT2D eigenvalue weighted by molar-refractivity contribution is 0.458. The Bertz CT molecular complexity index is 434. The smallest absolute Gasteiger partial charge is 0.103 e. The van der Waals surface area contributed by atoms with Crippen LogP contribution in [0.2, 0.25) is 0 Å². The van der Waals surface area contributed by atoms with E-state index in [1.807, 2.05) is 12.1 Å². The lowest BCUT2D eigenvalue weighted by atomic mass is 10.0. The van der Waals surface area contributed by atoms with Gasteiger partial charge in [0.25, 0.3) is 0 Å². The molecule has 2 aromatic rings. The third-order valence-electron chi connectivity index (χ3n) is 2.94. The van der Waals surface area contributed by atoms with Gasteiger partial charge in [-0.1, -0.05) is 29.8 Å². The van der Waals surface area contributed by atoms with Gasteiger partial charge in [-0.15, -0.1) is 0 Å². The van der Waals surface area contributed by atoms with Crippen molar-refractivity contribution in [1.82, 2.24) is 5.43 Å². The highest BCUT2D eigenvalue weighted by atomic mass is 16.3. The summed E-state index contributed by atoms with van der Waals surface area (Å²) >= 11 is 0. The molecular formula is C14H18N2O. The zero-order valence-electron chi connectivity index (χ0n) is 10.0. The van der Waals surface area contributed by atoms with E-state index in [0.29, 0.717) is 0 Å². The van der Waals surface area contributed by atoms with Crippen LogP contribution < -0.4 is 11.3 Å². The van der Waals surface area contributed by atoms with Gasteiger partial charge in [-0.2, -0.15) is 0 Å². The number of aryl methyl sites for hydroxylation is 2. The topological polar surface area (TPSA) is 51.2 Å². The van der Waals surface area contributed by atoms with Gasteiger partial charge in [-0.25, -0.2) is 0 Å². The number of nitrogens with two attached hydrogens (primary N) is 1. The van der Waals surface area contributed by atoms with Gasteiger partial charge in [0.05, 0.1) is 6.26 Å². The van der Waals surface area contributed by atoms with Gasteiger partial charge in [0.15, 0.2) is 0 Å². The normalized spacial score (nSPS) is 12.6. The first-order valence-electron chi connectivity index (χ1n) is 5.84. The number of hydrazine groups is 1. The van der Waals surface area contributed by atoms with E-state index in [9.17, 15) is 0 Å². The van der Waals surface area contributed by atoms with Crippen LogP contribution in [-0.2, 0) is 6.42 Å². The monoisotopic (exact) mass is 230 g/mol. The summed E-state index contributed by atoms with van der Waals surface area (Å²) in [5.41, 5.74) is 5.33. The Morgan fingerprint density at radius 3 is 2.59 bits per heavy atom. The highest BCUT2D eigenvalue weighted by Crippen LogP contribution is 2.19. The van der Waals surface area contributed by atoms with Gasteiger partial charge in [-0.3, -0.25) is 11.3 Å². The van der Waals surface area contributed by atoms with Crippen molar-refractivity contribution < 1.29 is 4.42 Å². The van der Waals surface area contributed by atoms with Gasteiger partial charge in [0, 0.05) is 12.5 Å². The SMILES string of the molecule is Cc1ccc(C(CCc2ccco2)NN)cc1. The molecule has 3 nitrogen and oxygen atoms in total. The molecule has 0 radical (unpaired) electrons. The van der Waals surface area contributed by atoms with Crippen LogP contribution in [0.15, 0.2) is 47.1 Å². The zero-order chi connectivity index (χ0) is 12.1. The first-order chi connectivity index (χ1) is 8.29. The van der Waals surface area contributed by atoms with Crippen LogP contribution in [0, 0.1) is 6.92 Å². The molecule has 1 unspecified atom stereocenters. The lowest BCUT2D eigenvalue weighted by Crippen LogP contribution is -2.28. The maximum atomic E-state index is 5.60. The number of rotatable bonds is 5. The number of nitrogens with one attached hydrogen (secondary N) is 1. The van der Waals surface area contributed by atoms with Crippen LogP contribution in [0.4, 0.5) is 0 Å². The maximum Gasteiger partial charge on any atom is 0.103 e. The van der Waals surface area contributed by atoms with Crippen molar-refractivity contribution in [3.63, 3.8) is 0 Å².